The van der Waals surface area contributed by atoms with Crippen molar-refractivity contribution in [2.24, 2.45) is 0 Å². The molecule has 0 radical (unpaired) electrons. The van der Waals surface area contributed by atoms with Crippen LogP contribution in [-0.2, 0) is 22.6 Å². The molecule has 0 aliphatic carbocycles. The highest BCUT2D eigenvalue weighted by atomic mass is 16.6. The highest BCUT2D eigenvalue weighted by molar-refractivity contribution is 6.04. The van der Waals surface area contributed by atoms with Gasteiger partial charge in [-0.2, -0.15) is 0 Å². The van der Waals surface area contributed by atoms with Crippen molar-refractivity contribution in [1.82, 2.24) is 14.9 Å². The van der Waals surface area contributed by atoms with Gasteiger partial charge in [-0.25, -0.2) is 19.5 Å². The minimum absolute atomic E-state index is 0.0330. The van der Waals surface area contributed by atoms with Crippen LogP contribution < -0.4 is 35.9 Å². The summed E-state index contributed by atoms with van der Waals surface area (Å²) in [5.74, 6) is 0.205. The maximum absolute atomic E-state index is 13.6. The predicted octanol–water partition coefficient (Wildman–Crippen LogP) is 5.72. The minimum atomic E-state index is -0.791. The number of ether oxygens (including phenoxy) is 3. The van der Waals surface area contributed by atoms with E-state index in [1.807, 2.05) is 13.8 Å². The second-order valence-electron chi connectivity index (χ2n) is 12.6. The lowest BCUT2D eigenvalue weighted by Crippen LogP contribution is -2.35. The molecule has 0 atom stereocenters. The van der Waals surface area contributed by atoms with Gasteiger partial charge in [-0.05, 0) is 88.7 Å². The molecule has 1 aromatic heterocycles. The number of benzene rings is 3. The Hall–Kier alpha value is -6.38. The number of amides is 3. The first-order valence-electron chi connectivity index (χ1n) is 15.9. The monoisotopic (exact) mass is 699 g/mol. The molecule has 3 aromatic carbocycles. The van der Waals surface area contributed by atoms with Gasteiger partial charge in [0, 0.05) is 29.9 Å². The molecule has 268 valence electrons. The molecule has 0 saturated carbocycles. The smallest absolute Gasteiger partial charge is 0.425 e. The summed E-state index contributed by atoms with van der Waals surface area (Å²) in [6, 6.07) is 17.1. The molecule has 0 bridgehead atoms. The number of anilines is 3. The zero-order valence-electron chi connectivity index (χ0n) is 29.1. The van der Waals surface area contributed by atoms with Crippen molar-refractivity contribution in [2.75, 3.05) is 22.6 Å². The first kappa shape index (κ1) is 37.4. The molecule has 0 aliphatic rings. The SMILES string of the molecule is COc1ccc(OC(=O)N(C=N)c2ccc(CNC(=O)Cn3c(-c4cc(O)cc(NC(=O)OC(C)(C)C)c4)cnc(NC(C)C)c3=O)cc2)cc1. The number of nitrogens with one attached hydrogen (secondary N) is 4. The fraction of sp³-hybridized carbons (Fsp3) is 0.278. The molecular weight excluding hydrogens is 658 g/mol. The number of hydrogen-bond donors (Lipinski definition) is 5. The Balaban J connectivity index is 1.50. The van der Waals surface area contributed by atoms with Gasteiger partial charge in [-0.15, -0.1) is 0 Å². The van der Waals surface area contributed by atoms with Crippen LogP contribution >= 0.6 is 0 Å². The lowest BCUT2D eigenvalue weighted by Gasteiger charge is -2.20. The van der Waals surface area contributed by atoms with Crippen LogP contribution in [0.15, 0.2) is 77.7 Å². The van der Waals surface area contributed by atoms with Crippen molar-refractivity contribution in [3.8, 4) is 28.5 Å². The molecule has 0 unspecified atom stereocenters. The minimum Gasteiger partial charge on any atom is -0.508 e. The molecule has 0 fully saturated rings. The number of aromatic nitrogens is 2. The van der Waals surface area contributed by atoms with E-state index in [1.54, 1.807) is 69.3 Å². The van der Waals surface area contributed by atoms with Crippen LogP contribution in [0.3, 0.4) is 0 Å². The molecule has 0 spiro atoms. The van der Waals surface area contributed by atoms with Crippen LogP contribution in [0.2, 0.25) is 0 Å². The lowest BCUT2D eigenvalue weighted by atomic mass is 10.1. The van der Waals surface area contributed by atoms with Crippen molar-refractivity contribution >= 4 is 41.6 Å². The van der Waals surface area contributed by atoms with Crippen LogP contribution in [0.5, 0.6) is 17.2 Å². The largest absolute Gasteiger partial charge is 0.508 e. The van der Waals surface area contributed by atoms with Crippen molar-refractivity contribution in [2.45, 2.75) is 59.4 Å². The van der Waals surface area contributed by atoms with Crippen molar-refractivity contribution in [3.05, 3.63) is 88.8 Å². The number of methoxy groups -OCH3 is 1. The molecular formula is C36H41N7O8. The number of hydrogen-bond acceptors (Lipinski definition) is 11. The van der Waals surface area contributed by atoms with Gasteiger partial charge in [0.25, 0.3) is 5.56 Å². The van der Waals surface area contributed by atoms with E-state index >= 15 is 0 Å². The molecule has 3 amide bonds. The molecule has 4 rings (SSSR count). The van der Waals surface area contributed by atoms with Crippen molar-refractivity contribution in [1.29, 1.82) is 5.41 Å². The Bertz CT molecular complexity index is 1940. The molecule has 15 heteroatoms. The zero-order chi connectivity index (χ0) is 37.3. The molecule has 15 nitrogen and oxygen atoms in total. The molecule has 0 aliphatic heterocycles. The highest BCUT2D eigenvalue weighted by Gasteiger charge is 2.20. The Morgan fingerprint density at radius 1 is 1.02 bits per heavy atom. The zero-order valence-corrected chi connectivity index (χ0v) is 29.1. The van der Waals surface area contributed by atoms with Crippen LogP contribution in [0, 0.1) is 5.41 Å². The third kappa shape index (κ3) is 10.6. The van der Waals surface area contributed by atoms with Gasteiger partial charge in [0.15, 0.2) is 5.82 Å². The van der Waals surface area contributed by atoms with Gasteiger partial charge in [-0.1, -0.05) is 12.1 Å². The summed E-state index contributed by atoms with van der Waals surface area (Å²) in [6.07, 6.45) is 0.704. The van der Waals surface area contributed by atoms with E-state index in [-0.39, 0.29) is 41.3 Å². The van der Waals surface area contributed by atoms with Crippen LogP contribution in [-0.4, -0.2) is 57.8 Å². The summed E-state index contributed by atoms with van der Waals surface area (Å²) < 4.78 is 17.0. The standard InChI is InChI=1S/C36H41N7O8/c1-22(2)40-32-33(46)42(30(19-39-32)24-15-25(17-27(44)16-24)41-34(47)51-36(3,4)5)20-31(45)38-18-23-7-9-26(10-8-23)43(21-37)35(48)50-29-13-11-28(49-6)12-14-29/h7-17,19,21-22,37,44H,18,20H2,1-6H3,(H,38,45)(H,39,40)(H,41,47). The Morgan fingerprint density at radius 3 is 2.29 bits per heavy atom. The van der Waals surface area contributed by atoms with Crippen molar-refractivity contribution in [3.63, 3.8) is 0 Å². The van der Waals surface area contributed by atoms with Gasteiger partial charge >= 0.3 is 12.2 Å². The maximum atomic E-state index is 13.6. The van der Waals surface area contributed by atoms with Crippen LogP contribution in [0.4, 0.5) is 26.8 Å². The Kier molecular flexibility index (Phi) is 12.0. The normalized spacial score (nSPS) is 11.0. The molecule has 4 aromatic rings. The van der Waals surface area contributed by atoms with Gasteiger partial charge in [0.05, 0.1) is 31.0 Å². The Labute approximate surface area is 294 Å². The van der Waals surface area contributed by atoms with Crippen LogP contribution in [0.1, 0.15) is 40.2 Å². The third-order valence-corrected chi connectivity index (χ3v) is 6.93. The predicted molar refractivity (Wildman–Crippen MR) is 193 cm³/mol. The fourth-order valence-electron chi connectivity index (χ4n) is 4.70. The van der Waals surface area contributed by atoms with Gasteiger partial charge in [-0.3, -0.25) is 24.9 Å². The number of carbonyl (C=O) groups excluding carboxylic acids is 3. The number of aromatic hydroxyl groups is 1. The molecule has 5 N–H and O–H groups in total. The van der Waals surface area contributed by atoms with E-state index in [4.69, 9.17) is 19.6 Å². The van der Waals surface area contributed by atoms with E-state index in [2.05, 4.69) is 20.9 Å². The summed E-state index contributed by atoms with van der Waals surface area (Å²) in [5, 5.41) is 26.6. The topological polar surface area (TPSA) is 197 Å². The second kappa shape index (κ2) is 16.3. The summed E-state index contributed by atoms with van der Waals surface area (Å²) in [7, 11) is 1.52. The van der Waals surface area contributed by atoms with E-state index < -0.39 is 35.8 Å². The number of phenolic OH excluding ortho intramolecular Hbond substituents is 1. The Morgan fingerprint density at radius 2 is 1.69 bits per heavy atom. The number of phenols is 1. The first-order valence-corrected chi connectivity index (χ1v) is 15.9. The average molecular weight is 700 g/mol. The molecule has 0 saturated heterocycles. The summed E-state index contributed by atoms with van der Waals surface area (Å²) >= 11 is 0. The van der Waals surface area contributed by atoms with Gasteiger partial charge in [0.2, 0.25) is 5.91 Å². The van der Waals surface area contributed by atoms with E-state index in [0.29, 0.717) is 22.6 Å². The van der Waals surface area contributed by atoms with E-state index in [1.165, 1.54) is 36.1 Å². The summed E-state index contributed by atoms with van der Waals surface area (Å²) in [5.41, 5.74) is 0.441. The van der Waals surface area contributed by atoms with Gasteiger partial charge in [0.1, 0.15) is 29.4 Å². The lowest BCUT2D eigenvalue weighted by molar-refractivity contribution is -0.121. The number of rotatable bonds is 12. The number of nitrogens with zero attached hydrogens (tertiary/aromatic N) is 3. The molecule has 1 heterocycles. The second-order valence-corrected chi connectivity index (χ2v) is 12.6. The van der Waals surface area contributed by atoms with E-state index in [9.17, 15) is 24.3 Å². The fourth-order valence-corrected chi connectivity index (χ4v) is 4.70. The highest BCUT2D eigenvalue weighted by Crippen LogP contribution is 2.28. The summed E-state index contributed by atoms with van der Waals surface area (Å²) in [6.45, 7) is 8.51. The number of carbonyl (C=O) groups is 3. The van der Waals surface area contributed by atoms with E-state index in [0.717, 1.165) is 11.2 Å². The first-order chi connectivity index (χ1) is 24.1. The van der Waals surface area contributed by atoms with Crippen molar-refractivity contribution < 1.29 is 33.7 Å². The quantitative estimate of drug-likeness (QED) is 0.0901. The molecule has 51 heavy (non-hydrogen) atoms. The average Bonchev–Trinajstić information content (AvgIpc) is 3.05. The maximum Gasteiger partial charge on any atom is 0.425 e. The van der Waals surface area contributed by atoms with Crippen LogP contribution in [0.25, 0.3) is 11.3 Å². The third-order valence-electron chi connectivity index (χ3n) is 6.93. The van der Waals surface area contributed by atoms with Gasteiger partial charge < -0.3 is 30.0 Å². The summed E-state index contributed by atoms with van der Waals surface area (Å²) in [4.78, 5) is 57.2.